The van der Waals surface area contributed by atoms with Gasteiger partial charge < -0.3 is 15.5 Å². The van der Waals surface area contributed by atoms with Gasteiger partial charge in [0.2, 0.25) is 0 Å². The van der Waals surface area contributed by atoms with E-state index in [1.54, 1.807) is 23.5 Å². The number of anilines is 1. The summed E-state index contributed by atoms with van der Waals surface area (Å²) in [5.74, 6) is 0.593. The fourth-order valence-corrected chi connectivity index (χ4v) is 3.08. The summed E-state index contributed by atoms with van der Waals surface area (Å²) in [6.07, 6.45) is 2.75. The van der Waals surface area contributed by atoms with Crippen molar-refractivity contribution in [2.75, 3.05) is 31.6 Å². The monoisotopic (exact) mass is 491 g/mol. The second-order valence-electron chi connectivity index (χ2n) is 5.71. The first-order valence-electron chi connectivity index (χ1n) is 8.49. The smallest absolute Gasteiger partial charge is 0.191 e. The lowest BCUT2D eigenvalue weighted by atomic mass is 10.2. The summed E-state index contributed by atoms with van der Waals surface area (Å²) >= 11 is 1.66. The van der Waals surface area contributed by atoms with E-state index in [1.807, 2.05) is 38.1 Å². The third-order valence-electron chi connectivity index (χ3n) is 3.61. The van der Waals surface area contributed by atoms with E-state index < -0.39 is 0 Å². The molecule has 0 amide bonds. The van der Waals surface area contributed by atoms with E-state index in [4.69, 9.17) is 0 Å². The first kappa shape index (κ1) is 22.6. The molecule has 0 saturated carbocycles. The van der Waals surface area contributed by atoms with Gasteiger partial charge in [-0.25, -0.2) is 14.4 Å². The number of hydrogen-bond acceptors (Lipinski definition) is 4. The molecule has 8 heteroatoms. The SMILES string of the molecule is CCNC(=NCc1ncc(C)s1)NCCCN(C)c1ccccc1F.I. The molecule has 0 spiro atoms. The Hall–Kier alpha value is -1.42. The molecule has 0 aliphatic carbocycles. The number of benzene rings is 1. The molecule has 2 aromatic rings. The van der Waals surface area contributed by atoms with Gasteiger partial charge in [0.05, 0.1) is 12.2 Å². The summed E-state index contributed by atoms with van der Waals surface area (Å²) in [6.45, 7) is 6.98. The van der Waals surface area contributed by atoms with Gasteiger partial charge in [0.15, 0.2) is 5.96 Å². The molecule has 0 atom stereocenters. The Kier molecular flexibility index (Phi) is 10.5. The largest absolute Gasteiger partial charge is 0.372 e. The maximum Gasteiger partial charge on any atom is 0.191 e. The Labute approximate surface area is 176 Å². The zero-order chi connectivity index (χ0) is 18.1. The highest BCUT2D eigenvalue weighted by Crippen LogP contribution is 2.16. The number of halogens is 2. The third-order valence-corrected chi connectivity index (χ3v) is 4.51. The van der Waals surface area contributed by atoms with E-state index >= 15 is 0 Å². The van der Waals surface area contributed by atoms with Crippen molar-refractivity contribution in [3.63, 3.8) is 0 Å². The summed E-state index contributed by atoms with van der Waals surface area (Å²) in [5.41, 5.74) is 0.627. The van der Waals surface area contributed by atoms with Crippen LogP contribution < -0.4 is 15.5 Å². The molecule has 0 radical (unpaired) electrons. The molecular formula is C18H27FIN5S. The van der Waals surface area contributed by atoms with Crippen molar-refractivity contribution >= 4 is 47.0 Å². The average molecular weight is 491 g/mol. The number of guanidine groups is 1. The van der Waals surface area contributed by atoms with Gasteiger partial charge in [0.25, 0.3) is 0 Å². The number of para-hydroxylation sites is 1. The van der Waals surface area contributed by atoms with Gasteiger partial charge in [0, 0.05) is 37.8 Å². The highest BCUT2D eigenvalue weighted by atomic mass is 127. The maximum absolute atomic E-state index is 13.7. The standard InChI is InChI=1S/C18H26FN5S.HI/c1-4-20-18(23-13-17-22-12-14(2)25-17)21-10-7-11-24(3)16-9-6-5-8-15(16)19;/h5-6,8-9,12H,4,7,10-11,13H2,1-3H3,(H2,20,21,23);1H. The summed E-state index contributed by atoms with van der Waals surface area (Å²) in [6, 6.07) is 6.84. The van der Waals surface area contributed by atoms with E-state index in [1.165, 1.54) is 10.9 Å². The summed E-state index contributed by atoms with van der Waals surface area (Å²) in [5, 5.41) is 7.55. The normalized spacial score (nSPS) is 11.0. The lowest BCUT2D eigenvalue weighted by molar-refractivity contribution is 0.619. The van der Waals surface area contributed by atoms with Crippen LogP contribution in [0.1, 0.15) is 23.2 Å². The zero-order valence-electron chi connectivity index (χ0n) is 15.5. The maximum atomic E-state index is 13.7. The van der Waals surface area contributed by atoms with Gasteiger partial charge in [-0.3, -0.25) is 0 Å². The van der Waals surface area contributed by atoms with E-state index in [9.17, 15) is 4.39 Å². The number of rotatable bonds is 8. The van der Waals surface area contributed by atoms with Crippen LogP contribution in [-0.2, 0) is 6.54 Å². The molecular weight excluding hydrogens is 464 g/mol. The van der Waals surface area contributed by atoms with Crippen LogP contribution in [0.3, 0.4) is 0 Å². The van der Waals surface area contributed by atoms with Crippen LogP contribution in [0.5, 0.6) is 0 Å². The predicted molar refractivity (Wildman–Crippen MR) is 119 cm³/mol. The molecule has 1 aromatic carbocycles. The highest BCUT2D eigenvalue weighted by molar-refractivity contribution is 14.0. The van der Waals surface area contributed by atoms with Gasteiger partial charge >= 0.3 is 0 Å². The van der Waals surface area contributed by atoms with Gasteiger partial charge in [0.1, 0.15) is 10.8 Å². The highest BCUT2D eigenvalue weighted by Gasteiger charge is 2.06. The van der Waals surface area contributed by atoms with Crippen molar-refractivity contribution in [1.82, 2.24) is 15.6 Å². The summed E-state index contributed by atoms with van der Waals surface area (Å²) in [7, 11) is 1.91. The molecule has 0 unspecified atom stereocenters. The average Bonchev–Trinajstić information content (AvgIpc) is 3.02. The fourth-order valence-electron chi connectivity index (χ4n) is 2.37. The Bertz CT molecular complexity index is 692. The van der Waals surface area contributed by atoms with Gasteiger partial charge in [-0.05, 0) is 32.4 Å². The molecule has 2 N–H and O–H groups in total. The minimum Gasteiger partial charge on any atom is -0.372 e. The molecule has 5 nitrogen and oxygen atoms in total. The van der Waals surface area contributed by atoms with Crippen LogP contribution in [0.2, 0.25) is 0 Å². The number of aliphatic imine (C=N–C) groups is 1. The van der Waals surface area contributed by atoms with Crippen molar-refractivity contribution in [2.45, 2.75) is 26.8 Å². The first-order valence-corrected chi connectivity index (χ1v) is 9.31. The molecule has 26 heavy (non-hydrogen) atoms. The van der Waals surface area contributed by atoms with Crippen molar-refractivity contribution < 1.29 is 4.39 Å². The quantitative estimate of drug-likeness (QED) is 0.256. The first-order chi connectivity index (χ1) is 12.1. The van der Waals surface area contributed by atoms with Crippen molar-refractivity contribution in [1.29, 1.82) is 0 Å². The second-order valence-corrected chi connectivity index (χ2v) is 7.03. The molecule has 0 aliphatic heterocycles. The molecule has 2 rings (SSSR count). The summed E-state index contributed by atoms with van der Waals surface area (Å²) < 4.78 is 13.7. The van der Waals surface area contributed by atoms with Crippen LogP contribution in [0, 0.1) is 12.7 Å². The summed E-state index contributed by atoms with van der Waals surface area (Å²) in [4.78, 5) is 12.0. The number of nitrogens with one attached hydrogen (secondary N) is 2. The molecule has 0 bridgehead atoms. The Balaban J connectivity index is 0.00000338. The van der Waals surface area contributed by atoms with Crippen molar-refractivity contribution in [3.8, 4) is 0 Å². The predicted octanol–water partition coefficient (Wildman–Crippen LogP) is 3.79. The van der Waals surface area contributed by atoms with Crippen molar-refractivity contribution in [3.05, 3.63) is 46.2 Å². The van der Waals surface area contributed by atoms with Crippen LogP contribution >= 0.6 is 35.3 Å². The zero-order valence-corrected chi connectivity index (χ0v) is 18.6. The molecule has 1 aromatic heterocycles. The lowest BCUT2D eigenvalue weighted by Crippen LogP contribution is -2.38. The number of nitrogens with zero attached hydrogens (tertiary/aromatic N) is 3. The Morgan fingerprint density at radius 2 is 2.08 bits per heavy atom. The van der Waals surface area contributed by atoms with Crippen LogP contribution in [0.4, 0.5) is 10.1 Å². The van der Waals surface area contributed by atoms with Crippen LogP contribution in [-0.4, -0.2) is 37.6 Å². The van der Waals surface area contributed by atoms with Crippen LogP contribution in [0.15, 0.2) is 35.5 Å². The Morgan fingerprint density at radius 1 is 1.31 bits per heavy atom. The van der Waals surface area contributed by atoms with E-state index in [0.29, 0.717) is 12.2 Å². The van der Waals surface area contributed by atoms with Crippen LogP contribution in [0.25, 0.3) is 0 Å². The fraction of sp³-hybridized carbons (Fsp3) is 0.444. The number of hydrogen-bond donors (Lipinski definition) is 2. The second kappa shape index (κ2) is 12.1. The van der Waals surface area contributed by atoms with Gasteiger partial charge in [-0.1, -0.05) is 12.1 Å². The molecule has 144 valence electrons. The van der Waals surface area contributed by atoms with E-state index in [2.05, 4.69) is 20.6 Å². The molecule has 0 aliphatic rings. The number of thiazole rings is 1. The van der Waals surface area contributed by atoms with Gasteiger partial charge in [-0.2, -0.15) is 0 Å². The number of aryl methyl sites for hydroxylation is 1. The third kappa shape index (κ3) is 7.45. The minimum absolute atomic E-state index is 0. The Morgan fingerprint density at radius 3 is 2.73 bits per heavy atom. The van der Waals surface area contributed by atoms with E-state index in [-0.39, 0.29) is 29.8 Å². The van der Waals surface area contributed by atoms with Crippen molar-refractivity contribution in [2.24, 2.45) is 4.99 Å². The molecule has 0 saturated heterocycles. The molecule has 1 heterocycles. The molecule has 0 fully saturated rings. The number of aromatic nitrogens is 1. The topological polar surface area (TPSA) is 52.6 Å². The van der Waals surface area contributed by atoms with Gasteiger partial charge in [-0.15, -0.1) is 35.3 Å². The van der Waals surface area contributed by atoms with E-state index in [0.717, 1.165) is 37.0 Å². The minimum atomic E-state index is -0.188. The lowest BCUT2D eigenvalue weighted by Gasteiger charge is -2.20.